The number of hydrogen-bond donors (Lipinski definition) is 0. The largest absolute Gasteiger partial charge is 0.292 e. The highest BCUT2D eigenvalue weighted by Crippen LogP contribution is 2.42. The molecule has 1 aliphatic carbocycles. The number of fused-ring (bicyclic) bond motifs is 1. The van der Waals surface area contributed by atoms with Crippen LogP contribution in [0.5, 0.6) is 0 Å². The fourth-order valence-corrected chi connectivity index (χ4v) is 5.25. The summed E-state index contributed by atoms with van der Waals surface area (Å²) in [7, 11) is 0. The molecule has 3 amide bonds. The summed E-state index contributed by atoms with van der Waals surface area (Å²) in [5.41, 5.74) is 0.424. The minimum Gasteiger partial charge on any atom is -0.292 e. The second-order valence-electron chi connectivity index (χ2n) is 8.80. The van der Waals surface area contributed by atoms with Crippen LogP contribution < -0.4 is 0 Å². The van der Waals surface area contributed by atoms with Gasteiger partial charge >= 0.3 is 0 Å². The van der Waals surface area contributed by atoms with Gasteiger partial charge in [-0.15, -0.1) is 0 Å². The minimum absolute atomic E-state index is 0.0534. The molecule has 0 N–H and O–H groups in total. The lowest BCUT2D eigenvalue weighted by Crippen LogP contribution is -2.56. The number of benzene rings is 2. The molecule has 0 unspecified atom stereocenters. The first kappa shape index (κ1) is 23.5. The van der Waals surface area contributed by atoms with Crippen molar-refractivity contribution in [1.82, 2.24) is 10.0 Å². The Hall–Kier alpha value is -2.70. The highest BCUT2D eigenvalue weighted by molar-refractivity contribution is 6.36. The average molecular weight is 487 g/mol. The van der Waals surface area contributed by atoms with Crippen molar-refractivity contribution >= 4 is 46.7 Å². The van der Waals surface area contributed by atoms with E-state index in [1.54, 1.807) is 30.3 Å². The second kappa shape index (κ2) is 9.27. The zero-order chi connectivity index (χ0) is 23.9. The average Bonchev–Trinajstić information content (AvgIpc) is 3.03. The number of imide groups is 1. The van der Waals surface area contributed by atoms with Crippen LogP contribution in [-0.2, 0) is 9.59 Å². The maximum Gasteiger partial charge on any atom is 0.275 e. The molecule has 2 aromatic carbocycles. The smallest absolute Gasteiger partial charge is 0.275 e. The number of ketones is 1. The number of rotatable bonds is 5. The highest BCUT2D eigenvalue weighted by atomic mass is 35.5. The number of amides is 3. The molecule has 1 aliphatic heterocycles. The fourth-order valence-electron chi connectivity index (χ4n) is 4.77. The van der Waals surface area contributed by atoms with Gasteiger partial charge in [0.05, 0.1) is 22.4 Å². The Morgan fingerprint density at radius 2 is 1.67 bits per heavy atom. The number of nitrogens with zero attached hydrogens (tertiary/aromatic N) is 2. The number of Topliss-reactive ketones (excluding diaryl/α,β-unsaturated/α-hetero) is 1. The van der Waals surface area contributed by atoms with Gasteiger partial charge in [0.1, 0.15) is 6.04 Å². The van der Waals surface area contributed by atoms with Crippen LogP contribution in [0.25, 0.3) is 0 Å². The van der Waals surface area contributed by atoms with E-state index in [2.05, 4.69) is 6.92 Å². The van der Waals surface area contributed by atoms with Crippen molar-refractivity contribution < 1.29 is 19.2 Å². The van der Waals surface area contributed by atoms with Crippen molar-refractivity contribution in [3.63, 3.8) is 0 Å². The highest BCUT2D eigenvalue weighted by Gasteiger charge is 2.54. The Balaban J connectivity index is 1.77. The third kappa shape index (κ3) is 4.30. The van der Waals surface area contributed by atoms with Crippen molar-refractivity contribution in [2.24, 2.45) is 17.8 Å². The van der Waals surface area contributed by atoms with Crippen molar-refractivity contribution in [2.45, 2.75) is 39.2 Å². The first-order chi connectivity index (χ1) is 15.7. The normalized spacial score (nSPS) is 23.3. The van der Waals surface area contributed by atoms with Gasteiger partial charge in [0, 0.05) is 10.6 Å². The third-order valence-electron chi connectivity index (χ3n) is 6.55. The molecule has 33 heavy (non-hydrogen) atoms. The van der Waals surface area contributed by atoms with Crippen LogP contribution in [0.4, 0.5) is 0 Å². The fraction of sp³-hybridized carbons (Fsp3) is 0.360. The quantitative estimate of drug-likeness (QED) is 0.438. The van der Waals surface area contributed by atoms with Gasteiger partial charge in [-0.2, -0.15) is 5.01 Å². The number of halogens is 2. The van der Waals surface area contributed by atoms with Crippen LogP contribution in [0, 0.1) is 17.8 Å². The first-order valence-electron chi connectivity index (χ1n) is 11.0. The Labute approximate surface area is 202 Å². The monoisotopic (exact) mass is 486 g/mol. The molecule has 4 rings (SSSR count). The van der Waals surface area contributed by atoms with Crippen LogP contribution in [-0.4, -0.2) is 39.6 Å². The van der Waals surface area contributed by atoms with E-state index in [-0.39, 0.29) is 10.6 Å². The molecule has 0 aromatic heterocycles. The summed E-state index contributed by atoms with van der Waals surface area (Å²) >= 11 is 12.3. The van der Waals surface area contributed by atoms with Gasteiger partial charge < -0.3 is 0 Å². The van der Waals surface area contributed by atoms with E-state index >= 15 is 0 Å². The Kier molecular flexibility index (Phi) is 6.59. The minimum atomic E-state index is -1.11. The maximum absolute atomic E-state index is 13.7. The molecule has 2 fully saturated rings. The lowest BCUT2D eigenvalue weighted by Gasteiger charge is -2.35. The van der Waals surface area contributed by atoms with Crippen LogP contribution in [0.3, 0.4) is 0 Å². The van der Waals surface area contributed by atoms with E-state index < -0.39 is 41.4 Å². The molecular formula is C25H24Cl2N2O4. The van der Waals surface area contributed by atoms with Gasteiger partial charge in [0.25, 0.3) is 17.7 Å². The molecule has 0 spiro atoms. The van der Waals surface area contributed by atoms with E-state index in [9.17, 15) is 19.2 Å². The van der Waals surface area contributed by atoms with E-state index in [1.807, 2.05) is 0 Å². The summed E-state index contributed by atoms with van der Waals surface area (Å²) in [5, 5.41) is 2.29. The lowest BCUT2D eigenvalue weighted by atomic mass is 9.76. The molecule has 8 heteroatoms. The summed E-state index contributed by atoms with van der Waals surface area (Å²) in [5.74, 6) is -2.65. The van der Waals surface area contributed by atoms with Gasteiger partial charge in [-0.3, -0.25) is 19.2 Å². The van der Waals surface area contributed by atoms with E-state index in [0.29, 0.717) is 29.3 Å². The molecule has 0 radical (unpaired) electrons. The molecule has 0 bridgehead atoms. The number of carbonyl (C=O) groups is 4. The molecular weight excluding hydrogens is 463 g/mol. The SMILES string of the molecule is C[C@@H]1CC[C@@H]2C(=O)N(N(C(=O)c3ccc(Cl)cc3Cl)[C@H](C)C(=O)c3ccccc3)C(=O)[C@H]2C1. The molecule has 172 valence electrons. The van der Waals surface area contributed by atoms with Gasteiger partial charge in [0.15, 0.2) is 5.78 Å². The van der Waals surface area contributed by atoms with Gasteiger partial charge in [-0.05, 0) is 50.3 Å². The number of hydrogen-bond acceptors (Lipinski definition) is 4. The summed E-state index contributed by atoms with van der Waals surface area (Å²) in [4.78, 5) is 53.8. The van der Waals surface area contributed by atoms with E-state index in [1.165, 1.54) is 25.1 Å². The zero-order valence-corrected chi connectivity index (χ0v) is 19.8. The zero-order valence-electron chi connectivity index (χ0n) is 18.3. The second-order valence-corrected chi connectivity index (χ2v) is 9.64. The Morgan fingerprint density at radius 3 is 2.33 bits per heavy atom. The standard InChI is InChI=1S/C25H24Cl2N2O4/c1-14-8-10-18-20(12-14)25(33)29(23(18)31)28(15(2)22(30)16-6-4-3-5-7-16)24(32)19-11-9-17(26)13-21(19)27/h3-7,9,11,13-15,18,20H,8,10,12H2,1-2H3/t14-,15-,18+,20+/m1/s1. The molecule has 1 saturated heterocycles. The molecule has 1 saturated carbocycles. The van der Waals surface area contributed by atoms with Gasteiger partial charge in [-0.1, -0.05) is 60.5 Å². The Morgan fingerprint density at radius 1 is 1.00 bits per heavy atom. The Bertz CT molecular complexity index is 1120. The summed E-state index contributed by atoms with van der Waals surface area (Å²) in [6.07, 6.45) is 2.00. The van der Waals surface area contributed by atoms with E-state index in [4.69, 9.17) is 23.2 Å². The molecule has 2 aliphatic rings. The van der Waals surface area contributed by atoms with Gasteiger partial charge in [-0.25, -0.2) is 5.01 Å². The topological polar surface area (TPSA) is 74.8 Å². The lowest BCUT2D eigenvalue weighted by molar-refractivity contribution is -0.156. The summed E-state index contributed by atoms with van der Waals surface area (Å²) in [6, 6.07) is 11.7. The van der Waals surface area contributed by atoms with Crippen LogP contribution in [0.1, 0.15) is 53.8 Å². The predicted molar refractivity (Wildman–Crippen MR) is 125 cm³/mol. The molecule has 6 nitrogen and oxygen atoms in total. The molecule has 4 atom stereocenters. The first-order valence-corrected chi connectivity index (χ1v) is 11.7. The van der Waals surface area contributed by atoms with Crippen LogP contribution in [0.15, 0.2) is 48.5 Å². The molecule has 2 aromatic rings. The third-order valence-corrected chi connectivity index (χ3v) is 7.10. The van der Waals surface area contributed by atoms with Crippen molar-refractivity contribution in [3.8, 4) is 0 Å². The van der Waals surface area contributed by atoms with Crippen molar-refractivity contribution in [3.05, 3.63) is 69.7 Å². The number of carbonyl (C=O) groups excluding carboxylic acids is 4. The van der Waals surface area contributed by atoms with Crippen molar-refractivity contribution in [2.75, 3.05) is 0 Å². The molecule has 1 heterocycles. The summed E-state index contributed by atoms with van der Waals surface area (Å²) < 4.78 is 0. The summed E-state index contributed by atoms with van der Waals surface area (Å²) in [6.45, 7) is 3.57. The van der Waals surface area contributed by atoms with Crippen LogP contribution >= 0.6 is 23.2 Å². The van der Waals surface area contributed by atoms with Crippen molar-refractivity contribution in [1.29, 1.82) is 0 Å². The maximum atomic E-state index is 13.7. The van der Waals surface area contributed by atoms with E-state index in [0.717, 1.165) is 16.4 Å². The van der Waals surface area contributed by atoms with Gasteiger partial charge in [0.2, 0.25) is 0 Å². The van der Waals surface area contributed by atoms with Crippen LogP contribution in [0.2, 0.25) is 10.0 Å². The number of hydrazine groups is 1. The predicted octanol–water partition coefficient (Wildman–Crippen LogP) is 5.04.